The van der Waals surface area contributed by atoms with Gasteiger partial charge in [0.1, 0.15) is 0 Å². The summed E-state index contributed by atoms with van der Waals surface area (Å²) in [7, 11) is -2.59. The molecule has 1 nitrogen and oxygen atoms in total. The third-order valence-corrected chi connectivity index (χ3v) is 17.3. The Morgan fingerprint density at radius 2 is 0.684 bits per heavy atom. The van der Waals surface area contributed by atoms with Crippen molar-refractivity contribution in [3.8, 4) is 22.3 Å². The van der Waals surface area contributed by atoms with Crippen LogP contribution in [0.1, 0.15) is 0 Å². The van der Waals surface area contributed by atoms with Gasteiger partial charge in [-0.3, -0.25) is 0 Å². The molecular weight excluding hydrogens is 723 g/mol. The summed E-state index contributed by atoms with van der Waals surface area (Å²) in [4.78, 5) is 2.42. The first-order valence-corrected chi connectivity index (χ1v) is 22.3. The van der Waals surface area contributed by atoms with Crippen molar-refractivity contribution in [1.82, 2.24) is 0 Å². The van der Waals surface area contributed by atoms with Crippen molar-refractivity contribution < 1.29 is 0 Å². The molecule has 1 heterocycles. The van der Waals surface area contributed by atoms with E-state index in [1.54, 1.807) is 0 Å². The summed E-state index contributed by atoms with van der Waals surface area (Å²) in [5.74, 6) is 0. The van der Waals surface area contributed by atoms with E-state index in [-0.39, 0.29) is 0 Å². The van der Waals surface area contributed by atoms with Crippen molar-refractivity contribution in [3.63, 3.8) is 0 Å². The molecule has 0 saturated heterocycles. The number of nitrogens with zero attached hydrogens (tertiary/aromatic N) is 1. The van der Waals surface area contributed by atoms with Crippen LogP contribution >= 0.6 is 11.3 Å². The van der Waals surface area contributed by atoms with Crippen LogP contribution in [0.3, 0.4) is 0 Å². The molecule has 9 aromatic carbocycles. The maximum absolute atomic E-state index is 2.59. The number of rotatable bonds is 9. The van der Waals surface area contributed by atoms with Crippen LogP contribution in [-0.4, -0.2) is 8.07 Å². The van der Waals surface area contributed by atoms with Crippen LogP contribution in [0.25, 0.3) is 42.4 Å². The Kier molecular flexibility index (Phi) is 9.15. The highest BCUT2D eigenvalue weighted by molar-refractivity contribution is 7.26. The van der Waals surface area contributed by atoms with E-state index in [1.165, 1.54) is 68.9 Å². The van der Waals surface area contributed by atoms with Gasteiger partial charge in [-0.15, -0.1) is 11.3 Å². The molecule has 57 heavy (non-hydrogen) atoms. The third kappa shape index (κ3) is 6.28. The highest BCUT2D eigenvalue weighted by Gasteiger charge is 2.41. The number of benzene rings is 9. The van der Waals surface area contributed by atoms with E-state index in [0.29, 0.717) is 0 Å². The summed E-state index contributed by atoms with van der Waals surface area (Å²) >= 11 is 1.87. The number of thiophene rings is 1. The molecule has 0 radical (unpaired) electrons. The molecular formula is C54H39NSSi. The molecule has 1 aromatic heterocycles. The Morgan fingerprint density at radius 3 is 1.19 bits per heavy atom. The lowest BCUT2D eigenvalue weighted by molar-refractivity contribution is 1.30. The van der Waals surface area contributed by atoms with Gasteiger partial charge in [0.25, 0.3) is 0 Å². The molecule has 0 aliphatic rings. The Morgan fingerprint density at radius 1 is 0.298 bits per heavy atom. The van der Waals surface area contributed by atoms with Gasteiger partial charge in [0.15, 0.2) is 8.07 Å². The van der Waals surface area contributed by atoms with Crippen molar-refractivity contribution in [1.29, 1.82) is 0 Å². The highest BCUT2D eigenvalue weighted by Crippen LogP contribution is 2.45. The molecule has 0 saturated carbocycles. The van der Waals surface area contributed by atoms with Crippen LogP contribution in [0, 0.1) is 0 Å². The quantitative estimate of drug-likeness (QED) is 0.105. The minimum atomic E-state index is -2.59. The van der Waals surface area contributed by atoms with E-state index in [2.05, 4.69) is 241 Å². The number of fused-ring (bicyclic) bond motifs is 3. The monoisotopic (exact) mass is 761 g/mol. The van der Waals surface area contributed by atoms with Crippen LogP contribution in [0.2, 0.25) is 0 Å². The summed E-state index contributed by atoms with van der Waals surface area (Å²) in [6.45, 7) is 0. The molecule has 0 N–H and O–H groups in total. The molecule has 10 rings (SSSR count). The number of hydrogen-bond acceptors (Lipinski definition) is 2. The van der Waals surface area contributed by atoms with Crippen LogP contribution < -0.4 is 25.6 Å². The second-order valence-corrected chi connectivity index (χ2v) is 19.3. The normalized spacial score (nSPS) is 11.5. The maximum atomic E-state index is 2.42. The first-order chi connectivity index (χ1) is 28.3. The summed E-state index contributed by atoms with van der Waals surface area (Å²) < 4.78 is 2.59. The van der Waals surface area contributed by atoms with Gasteiger partial charge < -0.3 is 4.90 Å². The molecule has 0 spiro atoms. The molecule has 0 fully saturated rings. The van der Waals surface area contributed by atoms with E-state index < -0.39 is 8.07 Å². The highest BCUT2D eigenvalue weighted by atomic mass is 32.1. The van der Waals surface area contributed by atoms with E-state index in [0.717, 1.165) is 11.4 Å². The van der Waals surface area contributed by atoms with Gasteiger partial charge in [0.2, 0.25) is 0 Å². The van der Waals surface area contributed by atoms with Gasteiger partial charge in [-0.1, -0.05) is 200 Å². The first-order valence-electron chi connectivity index (χ1n) is 19.5. The number of hydrogen-bond donors (Lipinski definition) is 0. The SMILES string of the molecule is c1ccc(-c2ccc(N(c3ccc(-c4ccc([Si](c5ccccc5)(c5ccccc5)c5ccccc5)cc4)cc3)c3cccc4c3sc3ccccc34)cc2)cc1. The van der Waals surface area contributed by atoms with Gasteiger partial charge >= 0.3 is 0 Å². The van der Waals surface area contributed by atoms with Crippen molar-refractivity contribution in [2.75, 3.05) is 4.90 Å². The van der Waals surface area contributed by atoms with E-state index in [4.69, 9.17) is 0 Å². The van der Waals surface area contributed by atoms with Gasteiger partial charge in [0, 0.05) is 26.8 Å². The van der Waals surface area contributed by atoms with Crippen molar-refractivity contribution in [2.24, 2.45) is 0 Å². The lowest BCUT2D eigenvalue weighted by atomic mass is 10.0. The maximum Gasteiger partial charge on any atom is 0.179 e. The van der Waals surface area contributed by atoms with Crippen molar-refractivity contribution in [3.05, 3.63) is 237 Å². The Bertz CT molecular complexity index is 2810. The molecule has 10 aromatic rings. The molecule has 0 amide bonds. The van der Waals surface area contributed by atoms with E-state index in [1.807, 2.05) is 11.3 Å². The molecule has 0 atom stereocenters. The minimum absolute atomic E-state index is 1.12. The average molecular weight is 762 g/mol. The fraction of sp³-hybridized carbons (Fsp3) is 0. The van der Waals surface area contributed by atoms with Crippen LogP contribution in [0.5, 0.6) is 0 Å². The molecule has 270 valence electrons. The molecule has 3 heteroatoms. The third-order valence-electron chi connectivity index (χ3n) is 11.3. The van der Waals surface area contributed by atoms with Crippen LogP contribution in [0.15, 0.2) is 237 Å². The molecule has 0 bridgehead atoms. The van der Waals surface area contributed by atoms with Crippen molar-refractivity contribution in [2.45, 2.75) is 0 Å². The van der Waals surface area contributed by atoms with Gasteiger partial charge in [0.05, 0.1) is 10.4 Å². The van der Waals surface area contributed by atoms with E-state index >= 15 is 0 Å². The Hall–Kier alpha value is -6.78. The molecule has 0 unspecified atom stereocenters. The minimum Gasteiger partial charge on any atom is -0.309 e. The predicted molar refractivity (Wildman–Crippen MR) is 249 cm³/mol. The van der Waals surface area contributed by atoms with Crippen LogP contribution in [-0.2, 0) is 0 Å². The smallest absolute Gasteiger partial charge is 0.179 e. The largest absolute Gasteiger partial charge is 0.309 e. The zero-order valence-corrected chi connectivity index (χ0v) is 33.2. The summed E-state index contributed by atoms with van der Waals surface area (Å²) in [5.41, 5.74) is 8.24. The van der Waals surface area contributed by atoms with Gasteiger partial charge in [-0.2, -0.15) is 0 Å². The summed E-state index contributed by atoms with van der Waals surface area (Å²) in [5, 5.41) is 8.10. The average Bonchev–Trinajstić information content (AvgIpc) is 3.69. The zero-order valence-electron chi connectivity index (χ0n) is 31.4. The Balaban J connectivity index is 1.06. The number of anilines is 3. The lowest BCUT2D eigenvalue weighted by Gasteiger charge is -2.34. The lowest BCUT2D eigenvalue weighted by Crippen LogP contribution is -2.74. The fourth-order valence-corrected chi connectivity index (χ4v) is 14.5. The predicted octanol–water partition coefficient (Wildman–Crippen LogP) is 12.2. The van der Waals surface area contributed by atoms with E-state index in [9.17, 15) is 0 Å². The second-order valence-electron chi connectivity index (χ2n) is 14.5. The molecule has 0 aliphatic heterocycles. The van der Waals surface area contributed by atoms with Gasteiger partial charge in [-0.25, -0.2) is 0 Å². The zero-order chi connectivity index (χ0) is 38.0. The standard InChI is InChI=1S/C54H39NSSi/c1-5-16-40(17-6-1)41-28-34-44(35-29-41)55(52-26-15-25-51-50-24-13-14-27-53(50)56-54(51)52)45-36-30-42(31-37-45)43-32-38-49(39-33-43)57(46-18-7-2-8-19-46,47-20-9-3-10-21-47)48-22-11-4-12-23-48/h1-39H. The van der Waals surface area contributed by atoms with Crippen molar-refractivity contribution >= 4 is 77.4 Å². The first kappa shape index (κ1) is 34.7. The fourth-order valence-electron chi connectivity index (χ4n) is 8.55. The molecule has 0 aliphatic carbocycles. The second kappa shape index (κ2) is 15.0. The topological polar surface area (TPSA) is 3.24 Å². The van der Waals surface area contributed by atoms with Crippen LogP contribution in [0.4, 0.5) is 17.1 Å². The summed E-state index contributed by atoms with van der Waals surface area (Å²) in [6, 6.07) is 86.9. The van der Waals surface area contributed by atoms with Gasteiger partial charge in [-0.05, 0) is 79.4 Å². The summed E-state index contributed by atoms with van der Waals surface area (Å²) in [6.07, 6.45) is 0. The Labute approximate surface area is 339 Å².